The van der Waals surface area contributed by atoms with Gasteiger partial charge in [-0.3, -0.25) is 4.79 Å². The van der Waals surface area contributed by atoms with E-state index in [0.29, 0.717) is 17.8 Å². The molecular weight excluding hydrogens is 302 g/mol. The predicted molar refractivity (Wildman–Crippen MR) is 84.4 cm³/mol. The van der Waals surface area contributed by atoms with Crippen LogP contribution in [-0.4, -0.2) is 12.5 Å². The van der Waals surface area contributed by atoms with Crippen molar-refractivity contribution >= 4 is 21.8 Å². The fourth-order valence-corrected chi connectivity index (χ4v) is 3.03. The van der Waals surface area contributed by atoms with Gasteiger partial charge in [-0.1, -0.05) is 43.6 Å². The number of hydrogen-bond acceptors (Lipinski definition) is 1. The third-order valence-electron chi connectivity index (χ3n) is 3.52. The summed E-state index contributed by atoms with van der Waals surface area (Å²) >= 11 is 3.43. The van der Waals surface area contributed by atoms with Gasteiger partial charge in [-0.15, -0.1) is 0 Å². The number of carbonyl (C=O) groups excluding carboxylic acids is 1. The molecule has 0 aliphatic heterocycles. The molecule has 0 aliphatic carbocycles. The van der Waals surface area contributed by atoms with Gasteiger partial charge in [0.1, 0.15) is 0 Å². The van der Waals surface area contributed by atoms with Gasteiger partial charge in [0.25, 0.3) is 5.91 Å². The molecule has 0 heterocycles. The summed E-state index contributed by atoms with van der Waals surface area (Å²) in [6.07, 6.45) is 0. The summed E-state index contributed by atoms with van der Waals surface area (Å²) in [5.41, 5.74) is 1.81. The highest BCUT2D eigenvalue weighted by molar-refractivity contribution is 9.10. The van der Waals surface area contributed by atoms with E-state index in [2.05, 4.69) is 48.9 Å². The number of aryl methyl sites for hydroxylation is 1. The first-order valence-electron chi connectivity index (χ1n) is 6.86. The molecule has 0 unspecified atom stereocenters. The summed E-state index contributed by atoms with van der Waals surface area (Å²) < 4.78 is 0.946. The summed E-state index contributed by atoms with van der Waals surface area (Å²) in [7, 11) is 0. The van der Waals surface area contributed by atoms with Crippen molar-refractivity contribution in [3.8, 4) is 0 Å². The molecule has 0 spiro atoms. The number of carbonyl (C=O) groups is 1. The van der Waals surface area contributed by atoms with E-state index in [1.807, 2.05) is 25.1 Å². The summed E-state index contributed by atoms with van der Waals surface area (Å²) in [5.74, 6) is 1.67. The topological polar surface area (TPSA) is 29.1 Å². The molecule has 0 fully saturated rings. The van der Waals surface area contributed by atoms with Gasteiger partial charge in [0, 0.05) is 16.6 Å². The first kappa shape index (κ1) is 16.2. The normalized spacial score (nSPS) is 11.4. The van der Waals surface area contributed by atoms with Crippen molar-refractivity contribution in [3.63, 3.8) is 0 Å². The first-order valence-corrected chi connectivity index (χ1v) is 7.66. The number of hydrogen-bond donors (Lipinski definition) is 1. The number of benzene rings is 1. The van der Waals surface area contributed by atoms with Crippen LogP contribution >= 0.6 is 15.9 Å². The van der Waals surface area contributed by atoms with Crippen LogP contribution in [0, 0.1) is 24.7 Å². The molecule has 19 heavy (non-hydrogen) atoms. The summed E-state index contributed by atoms with van der Waals surface area (Å²) in [5, 5.41) is 3.06. The Kier molecular flexibility index (Phi) is 6.05. The van der Waals surface area contributed by atoms with Crippen LogP contribution in [0.1, 0.15) is 43.6 Å². The summed E-state index contributed by atoms with van der Waals surface area (Å²) in [6.45, 7) is 11.6. The summed E-state index contributed by atoms with van der Waals surface area (Å²) in [6, 6.07) is 5.78. The molecule has 0 saturated heterocycles. The van der Waals surface area contributed by atoms with Crippen molar-refractivity contribution in [2.24, 2.45) is 17.8 Å². The summed E-state index contributed by atoms with van der Waals surface area (Å²) in [4.78, 5) is 12.2. The lowest BCUT2D eigenvalue weighted by atomic mass is 9.85. The van der Waals surface area contributed by atoms with Gasteiger partial charge in [-0.25, -0.2) is 0 Å². The average Bonchev–Trinajstić information content (AvgIpc) is 2.26. The molecule has 0 saturated carbocycles. The first-order chi connectivity index (χ1) is 8.81. The molecule has 106 valence electrons. The van der Waals surface area contributed by atoms with E-state index in [9.17, 15) is 4.79 Å². The zero-order valence-corrected chi connectivity index (χ0v) is 14.0. The van der Waals surface area contributed by atoms with Gasteiger partial charge in [0.15, 0.2) is 0 Å². The van der Waals surface area contributed by atoms with Crippen LogP contribution in [0.25, 0.3) is 0 Å². The maximum atomic E-state index is 12.2. The Bertz CT molecular complexity index is 412. The Morgan fingerprint density at radius 1 is 1.16 bits per heavy atom. The van der Waals surface area contributed by atoms with E-state index in [1.165, 1.54) is 0 Å². The molecule has 1 aromatic rings. The number of halogens is 1. The van der Waals surface area contributed by atoms with Gasteiger partial charge in [0.05, 0.1) is 0 Å². The minimum Gasteiger partial charge on any atom is -0.352 e. The number of amides is 1. The number of nitrogens with one attached hydrogen (secondary N) is 1. The molecule has 2 nitrogen and oxygen atoms in total. The van der Waals surface area contributed by atoms with Crippen molar-refractivity contribution in [1.29, 1.82) is 0 Å². The molecule has 0 aromatic heterocycles. The fraction of sp³-hybridized carbons (Fsp3) is 0.562. The van der Waals surface area contributed by atoms with E-state index in [4.69, 9.17) is 0 Å². The van der Waals surface area contributed by atoms with E-state index < -0.39 is 0 Å². The third kappa shape index (κ3) is 4.98. The van der Waals surface area contributed by atoms with Crippen LogP contribution < -0.4 is 5.32 Å². The van der Waals surface area contributed by atoms with E-state index in [-0.39, 0.29) is 5.91 Å². The maximum Gasteiger partial charge on any atom is 0.251 e. The lowest BCUT2D eigenvalue weighted by Gasteiger charge is -2.25. The Balaban J connectivity index is 2.69. The molecule has 1 N–H and O–H groups in total. The monoisotopic (exact) mass is 325 g/mol. The average molecular weight is 326 g/mol. The molecule has 1 rings (SSSR count). The molecular formula is C16H24BrNO. The van der Waals surface area contributed by atoms with Crippen molar-refractivity contribution < 1.29 is 4.79 Å². The molecule has 0 atom stereocenters. The Labute approximate surface area is 125 Å². The van der Waals surface area contributed by atoms with Crippen LogP contribution in [-0.2, 0) is 0 Å². The van der Waals surface area contributed by atoms with Crippen molar-refractivity contribution in [1.82, 2.24) is 5.32 Å². The van der Waals surface area contributed by atoms with Gasteiger partial charge < -0.3 is 5.32 Å². The van der Waals surface area contributed by atoms with Crippen LogP contribution in [0.4, 0.5) is 0 Å². The predicted octanol–water partition coefficient (Wildman–Crippen LogP) is 4.42. The maximum absolute atomic E-state index is 12.2. The third-order valence-corrected chi connectivity index (χ3v) is 3.97. The molecule has 3 heteroatoms. The highest BCUT2D eigenvalue weighted by Crippen LogP contribution is 2.20. The van der Waals surface area contributed by atoms with Gasteiger partial charge in [0.2, 0.25) is 0 Å². The van der Waals surface area contributed by atoms with E-state index in [0.717, 1.165) is 22.1 Å². The quantitative estimate of drug-likeness (QED) is 0.853. The standard InChI is InChI=1S/C16H24BrNO/c1-10(2)15(11(3)4)9-18-16(19)13-6-12(5)7-14(17)8-13/h6-8,10-11,15H,9H2,1-5H3,(H,18,19). The Hall–Kier alpha value is -0.830. The van der Waals surface area contributed by atoms with Gasteiger partial charge in [-0.05, 0) is 48.4 Å². The van der Waals surface area contributed by atoms with Crippen LogP contribution in [0.5, 0.6) is 0 Å². The second kappa shape index (κ2) is 7.09. The van der Waals surface area contributed by atoms with Crippen LogP contribution in [0.15, 0.2) is 22.7 Å². The zero-order valence-electron chi connectivity index (χ0n) is 12.5. The molecule has 1 aromatic carbocycles. The van der Waals surface area contributed by atoms with Gasteiger partial charge in [-0.2, -0.15) is 0 Å². The highest BCUT2D eigenvalue weighted by Gasteiger charge is 2.18. The molecule has 0 aliphatic rings. The smallest absolute Gasteiger partial charge is 0.251 e. The Morgan fingerprint density at radius 2 is 1.74 bits per heavy atom. The van der Waals surface area contributed by atoms with Gasteiger partial charge >= 0.3 is 0 Å². The van der Waals surface area contributed by atoms with Crippen molar-refractivity contribution in [2.75, 3.05) is 6.54 Å². The van der Waals surface area contributed by atoms with E-state index >= 15 is 0 Å². The van der Waals surface area contributed by atoms with Crippen molar-refractivity contribution in [3.05, 3.63) is 33.8 Å². The minimum absolute atomic E-state index is 0.00991. The lowest BCUT2D eigenvalue weighted by Crippen LogP contribution is -2.33. The second-order valence-corrected chi connectivity index (χ2v) is 6.79. The Morgan fingerprint density at radius 3 is 2.21 bits per heavy atom. The second-order valence-electron chi connectivity index (χ2n) is 5.88. The SMILES string of the molecule is Cc1cc(Br)cc(C(=O)NCC(C(C)C)C(C)C)c1. The highest BCUT2D eigenvalue weighted by atomic mass is 79.9. The fourth-order valence-electron chi connectivity index (χ4n) is 2.42. The van der Waals surface area contributed by atoms with Crippen LogP contribution in [0.2, 0.25) is 0 Å². The minimum atomic E-state index is 0.00991. The zero-order chi connectivity index (χ0) is 14.6. The molecule has 0 bridgehead atoms. The lowest BCUT2D eigenvalue weighted by molar-refractivity contribution is 0.0937. The largest absolute Gasteiger partial charge is 0.352 e. The van der Waals surface area contributed by atoms with E-state index in [1.54, 1.807) is 0 Å². The number of rotatable bonds is 5. The molecule has 1 amide bonds. The van der Waals surface area contributed by atoms with Crippen LogP contribution in [0.3, 0.4) is 0 Å². The molecule has 0 radical (unpaired) electrons. The van der Waals surface area contributed by atoms with Crippen molar-refractivity contribution in [2.45, 2.75) is 34.6 Å².